The van der Waals surface area contributed by atoms with Crippen molar-refractivity contribution in [2.45, 2.75) is 4.90 Å². The van der Waals surface area contributed by atoms with E-state index in [1.54, 1.807) is 0 Å². The maximum Gasteiger partial charge on any atom is 0.371 e. The molecule has 2 rings (SSSR count). The molecule has 11 heteroatoms. The van der Waals surface area contributed by atoms with Crippen LogP contribution in [0.25, 0.3) is 0 Å². The van der Waals surface area contributed by atoms with Crippen molar-refractivity contribution in [3.63, 3.8) is 0 Å². The molecule has 3 N–H and O–H groups in total. The van der Waals surface area contributed by atoms with Crippen LogP contribution in [-0.4, -0.2) is 30.4 Å². The Morgan fingerprint density at radius 3 is 2.22 bits per heavy atom. The van der Waals surface area contributed by atoms with Crippen LogP contribution in [0, 0.1) is 0 Å². The van der Waals surface area contributed by atoms with E-state index < -0.39 is 27.5 Å². The van der Waals surface area contributed by atoms with Crippen molar-refractivity contribution >= 4 is 62.3 Å². The molecule has 7 nitrogen and oxygen atoms in total. The fraction of sp³-hybridized carbons (Fsp3) is 0. The van der Waals surface area contributed by atoms with Crippen LogP contribution >= 0.6 is 34.8 Å². The summed E-state index contributed by atoms with van der Waals surface area (Å²) in [5.41, 5.74) is -0.0468. The lowest BCUT2D eigenvalue weighted by Crippen LogP contribution is -2.14. The first kappa shape index (κ1) is 21.0. The van der Waals surface area contributed by atoms with Crippen molar-refractivity contribution in [3.05, 3.63) is 68.9 Å². The molecule has 0 bridgehead atoms. The van der Waals surface area contributed by atoms with Gasteiger partial charge < -0.3 is 10.2 Å². The smallest absolute Gasteiger partial charge is 0.371 e. The second-order valence-corrected chi connectivity index (χ2v) is 7.95. The number of anilines is 1. The van der Waals surface area contributed by atoms with Gasteiger partial charge in [0, 0.05) is 17.3 Å². The number of aliphatic carboxylic acids is 1. The highest BCUT2D eigenvalue weighted by atomic mass is 35.5. The number of allylic oxidation sites excluding steroid dienone is 1. The largest absolute Gasteiger partial charge is 0.502 e. The average Bonchev–Trinajstić information content (AvgIpc) is 2.57. The van der Waals surface area contributed by atoms with Gasteiger partial charge in [-0.1, -0.05) is 46.9 Å². The Hall–Kier alpha value is -2.26. The van der Waals surface area contributed by atoms with E-state index in [4.69, 9.17) is 45.0 Å². The first-order valence-electron chi connectivity index (χ1n) is 6.97. The van der Waals surface area contributed by atoms with Crippen LogP contribution in [0.2, 0.25) is 15.1 Å². The summed E-state index contributed by atoms with van der Waals surface area (Å²) in [6.07, 6.45) is 0.506. The fourth-order valence-corrected chi connectivity index (χ4v) is 3.98. The summed E-state index contributed by atoms with van der Waals surface area (Å²) in [4.78, 5) is 22.2. The van der Waals surface area contributed by atoms with Crippen LogP contribution in [0.1, 0.15) is 10.4 Å². The molecule has 27 heavy (non-hydrogen) atoms. The van der Waals surface area contributed by atoms with Crippen LogP contribution in [0.5, 0.6) is 0 Å². The second-order valence-electron chi connectivity index (χ2n) is 5.08. The monoisotopic (exact) mass is 449 g/mol. The SMILES string of the molecule is O=C(O)/C(O)=C\C(=O)c1cccc(NS(=O)(=O)c2cc(Cl)c(Cl)cc2Cl)c1. The minimum atomic E-state index is -4.16. The van der Waals surface area contributed by atoms with Crippen LogP contribution in [-0.2, 0) is 14.8 Å². The van der Waals surface area contributed by atoms with Crippen molar-refractivity contribution in [3.8, 4) is 0 Å². The zero-order valence-corrected chi connectivity index (χ0v) is 16.2. The summed E-state index contributed by atoms with van der Waals surface area (Å²) in [5.74, 6) is -3.65. The predicted molar refractivity (Wildman–Crippen MR) is 101 cm³/mol. The second kappa shape index (κ2) is 8.18. The van der Waals surface area contributed by atoms with E-state index in [-0.39, 0.29) is 31.2 Å². The van der Waals surface area contributed by atoms with Crippen molar-refractivity contribution in [2.75, 3.05) is 4.72 Å². The molecule has 0 saturated heterocycles. The van der Waals surface area contributed by atoms with Gasteiger partial charge >= 0.3 is 5.97 Å². The minimum absolute atomic E-state index is 0.00574. The zero-order chi connectivity index (χ0) is 20.4. The fourth-order valence-electron chi connectivity index (χ4n) is 1.93. The molecule has 0 spiro atoms. The number of sulfonamides is 1. The standard InChI is InChI=1S/C16H10Cl3NO6S/c17-10-5-12(19)15(6-11(10)18)27(25,26)20-9-3-1-2-8(4-9)13(21)7-14(22)16(23)24/h1-7,20,22H,(H,23,24)/b14-7+. The molecule has 142 valence electrons. The maximum absolute atomic E-state index is 12.5. The van der Waals surface area contributed by atoms with Gasteiger partial charge in [-0.2, -0.15) is 0 Å². The van der Waals surface area contributed by atoms with E-state index in [2.05, 4.69) is 4.72 Å². The highest BCUT2D eigenvalue weighted by Gasteiger charge is 2.20. The van der Waals surface area contributed by atoms with E-state index >= 15 is 0 Å². The van der Waals surface area contributed by atoms with Gasteiger partial charge in [0.25, 0.3) is 10.0 Å². The molecular weight excluding hydrogens is 441 g/mol. The third kappa shape index (κ3) is 5.14. The van der Waals surface area contributed by atoms with Crippen molar-refractivity contribution < 1.29 is 28.2 Å². The molecule has 0 heterocycles. The molecule has 0 unspecified atom stereocenters. The number of carboxylic acid groups (broad SMARTS) is 1. The lowest BCUT2D eigenvalue weighted by molar-refractivity contribution is -0.135. The summed E-state index contributed by atoms with van der Waals surface area (Å²) in [7, 11) is -4.16. The number of hydrogen-bond acceptors (Lipinski definition) is 5. The van der Waals surface area contributed by atoms with E-state index in [1.807, 2.05) is 0 Å². The number of aliphatic hydroxyl groups excluding tert-OH is 1. The number of halogens is 3. The van der Waals surface area contributed by atoms with E-state index in [0.29, 0.717) is 6.08 Å². The first-order valence-corrected chi connectivity index (χ1v) is 9.58. The van der Waals surface area contributed by atoms with Gasteiger partial charge in [-0.25, -0.2) is 13.2 Å². The topological polar surface area (TPSA) is 121 Å². The van der Waals surface area contributed by atoms with Crippen LogP contribution in [0.3, 0.4) is 0 Å². The van der Waals surface area contributed by atoms with Crippen molar-refractivity contribution in [2.24, 2.45) is 0 Å². The average molecular weight is 451 g/mol. The quantitative estimate of drug-likeness (QED) is 0.263. The minimum Gasteiger partial charge on any atom is -0.502 e. The molecule has 0 atom stereocenters. The Kier molecular flexibility index (Phi) is 6.38. The third-order valence-electron chi connectivity index (χ3n) is 3.15. The molecular formula is C16H10Cl3NO6S. The van der Waals surface area contributed by atoms with Crippen molar-refractivity contribution in [1.29, 1.82) is 0 Å². The van der Waals surface area contributed by atoms with Gasteiger partial charge in [0.2, 0.25) is 5.76 Å². The molecule has 0 aromatic heterocycles. The summed E-state index contributed by atoms with van der Waals surface area (Å²) in [5, 5.41) is 17.6. The van der Waals surface area contributed by atoms with Gasteiger partial charge in [-0.15, -0.1) is 0 Å². The maximum atomic E-state index is 12.5. The van der Waals surface area contributed by atoms with Gasteiger partial charge in [-0.3, -0.25) is 9.52 Å². The number of benzene rings is 2. The molecule has 0 aliphatic rings. The van der Waals surface area contributed by atoms with Gasteiger partial charge in [-0.05, 0) is 24.3 Å². The highest BCUT2D eigenvalue weighted by molar-refractivity contribution is 7.92. The molecule has 2 aromatic rings. The Balaban J connectivity index is 2.36. The number of nitrogens with one attached hydrogen (secondary N) is 1. The Bertz CT molecular complexity index is 1070. The number of hydrogen-bond donors (Lipinski definition) is 3. The number of carboxylic acids is 1. The molecule has 0 amide bonds. The molecule has 0 saturated carbocycles. The lowest BCUT2D eigenvalue weighted by Gasteiger charge is -2.11. The van der Waals surface area contributed by atoms with Crippen molar-refractivity contribution in [1.82, 2.24) is 0 Å². The van der Waals surface area contributed by atoms with Crippen LogP contribution in [0.4, 0.5) is 5.69 Å². The predicted octanol–water partition coefficient (Wildman–Crippen LogP) is 4.16. The van der Waals surface area contributed by atoms with Crippen LogP contribution < -0.4 is 4.72 Å². The summed E-state index contributed by atoms with van der Waals surface area (Å²) < 4.78 is 27.3. The number of carbonyl (C=O) groups excluding carboxylic acids is 1. The van der Waals surface area contributed by atoms with Gasteiger partial charge in [0.1, 0.15) is 4.90 Å². The van der Waals surface area contributed by atoms with Gasteiger partial charge in [0.15, 0.2) is 5.78 Å². The highest BCUT2D eigenvalue weighted by Crippen LogP contribution is 2.32. The molecule has 0 aliphatic carbocycles. The Morgan fingerprint density at radius 1 is 0.963 bits per heavy atom. The Labute approximate surface area is 168 Å². The van der Waals surface area contributed by atoms with E-state index in [0.717, 1.165) is 12.1 Å². The number of rotatable bonds is 6. The number of ketones is 1. The summed E-state index contributed by atoms with van der Waals surface area (Å²) >= 11 is 17.5. The van der Waals surface area contributed by atoms with E-state index in [9.17, 15) is 18.0 Å². The summed E-state index contributed by atoms with van der Waals surface area (Å²) in [6, 6.07) is 7.47. The van der Waals surface area contributed by atoms with Crippen LogP contribution in [0.15, 0.2) is 53.1 Å². The number of carbonyl (C=O) groups is 2. The normalized spacial score (nSPS) is 11.9. The Morgan fingerprint density at radius 2 is 1.59 bits per heavy atom. The van der Waals surface area contributed by atoms with Gasteiger partial charge in [0.05, 0.1) is 15.1 Å². The molecule has 0 radical (unpaired) electrons. The lowest BCUT2D eigenvalue weighted by atomic mass is 10.1. The molecule has 2 aromatic carbocycles. The van der Waals surface area contributed by atoms with E-state index in [1.165, 1.54) is 24.3 Å². The third-order valence-corrected chi connectivity index (χ3v) is 5.72. The molecule has 0 fully saturated rings. The molecule has 0 aliphatic heterocycles. The first-order chi connectivity index (χ1) is 12.5. The summed E-state index contributed by atoms with van der Waals surface area (Å²) in [6.45, 7) is 0. The number of aliphatic hydroxyl groups is 1. The zero-order valence-electron chi connectivity index (χ0n) is 13.1.